The first-order valence-corrected chi connectivity index (χ1v) is 5.69. The lowest BCUT2D eigenvalue weighted by molar-refractivity contribution is 0.101. The molecule has 0 saturated heterocycles. The number of benzene rings is 1. The molecule has 3 aromatic rings. The van der Waals surface area contributed by atoms with Gasteiger partial charge in [0.15, 0.2) is 5.76 Å². The van der Waals surface area contributed by atoms with E-state index >= 15 is 0 Å². The summed E-state index contributed by atoms with van der Waals surface area (Å²) in [6, 6.07) is 6.64. The maximum Gasteiger partial charge on any atom is 0.230 e. The number of hydrogen-bond donors (Lipinski definition) is 2. The van der Waals surface area contributed by atoms with Crippen LogP contribution in [0.15, 0.2) is 41.1 Å². The molecule has 0 aliphatic heterocycles. The average Bonchev–Trinajstić information content (AvgIpc) is 2.96. The second-order valence-corrected chi connectivity index (χ2v) is 4.36. The SMILES string of the molecule is Nc1cc(Cl)cc2[nH]cc(C(=O)c3ccco3)c12. The number of fused-ring (bicyclic) bond motifs is 1. The molecular weight excluding hydrogens is 252 g/mol. The average molecular weight is 261 g/mol. The zero-order chi connectivity index (χ0) is 12.7. The van der Waals surface area contributed by atoms with E-state index in [0.717, 1.165) is 5.52 Å². The van der Waals surface area contributed by atoms with Crippen molar-refractivity contribution in [2.24, 2.45) is 0 Å². The molecule has 0 aliphatic carbocycles. The first-order chi connectivity index (χ1) is 8.66. The van der Waals surface area contributed by atoms with Gasteiger partial charge in [-0.2, -0.15) is 0 Å². The monoisotopic (exact) mass is 260 g/mol. The van der Waals surface area contributed by atoms with Gasteiger partial charge in [-0.15, -0.1) is 0 Å². The number of nitrogen functional groups attached to an aromatic ring is 1. The standard InChI is InChI=1S/C13H9ClN2O2/c14-7-4-9(15)12-8(6-16-10(12)5-7)13(17)11-2-1-3-18-11/h1-6,16H,15H2. The minimum Gasteiger partial charge on any atom is -0.461 e. The van der Waals surface area contributed by atoms with Gasteiger partial charge < -0.3 is 15.1 Å². The summed E-state index contributed by atoms with van der Waals surface area (Å²) in [4.78, 5) is 15.2. The van der Waals surface area contributed by atoms with E-state index in [2.05, 4.69) is 4.98 Å². The van der Waals surface area contributed by atoms with Crippen LogP contribution in [0.5, 0.6) is 0 Å². The smallest absolute Gasteiger partial charge is 0.230 e. The van der Waals surface area contributed by atoms with Gasteiger partial charge in [0.1, 0.15) is 0 Å². The zero-order valence-electron chi connectivity index (χ0n) is 9.24. The van der Waals surface area contributed by atoms with Crippen LogP contribution in [-0.4, -0.2) is 10.8 Å². The third-order valence-electron chi connectivity index (χ3n) is 2.76. The Morgan fingerprint density at radius 1 is 1.39 bits per heavy atom. The molecule has 90 valence electrons. The highest BCUT2D eigenvalue weighted by Gasteiger charge is 2.18. The molecule has 0 unspecified atom stereocenters. The molecule has 0 amide bonds. The highest BCUT2D eigenvalue weighted by Crippen LogP contribution is 2.29. The van der Waals surface area contributed by atoms with Gasteiger partial charge in [-0.25, -0.2) is 0 Å². The molecule has 2 aromatic heterocycles. The normalized spacial score (nSPS) is 10.9. The number of ketones is 1. The van der Waals surface area contributed by atoms with E-state index < -0.39 is 0 Å². The predicted octanol–water partition coefficient (Wildman–Crippen LogP) is 3.23. The van der Waals surface area contributed by atoms with E-state index in [1.165, 1.54) is 6.26 Å². The van der Waals surface area contributed by atoms with Gasteiger partial charge in [0, 0.05) is 27.8 Å². The summed E-state index contributed by atoms with van der Waals surface area (Å²) < 4.78 is 5.10. The number of hydrogen-bond acceptors (Lipinski definition) is 3. The number of carbonyl (C=O) groups excluding carboxylic acids is 1. The first kappa shape index (κ1) is 10.9. The summed E-state index contributed by atoms with van der Waals surface area (Å²) >= 11 is 5.91. The highest BCUT2D eigenvalue weighted by molar-refractivity contribution is 6.32. The second-order valence-electron chi connectivity index (χ2n) is 3.93. The second kappa shape index (κ2) is 3.92. The summed E-state index contributed by atoms with van der Waals surface area (Å²) in [6.45, 7) is 0. The fourth-order valence-electron chi connectivity index (χ4n) is 1.98. The topological polar surface area (TPSA) is 72.0 Å². The van der Waals surface area contributed by atoms with Crippen molar-refractivity contribution in [3.05, 3.63) is 53.1 Å². The van der Waals surface area contributed by atoms with Crippen LogP contribution in [-0.2, 0) is 0 Å². The third kappa shape index (κ3) is 1.58. The molecule has 5 heteroatoms. The largest absolute Gasteiger partial charge is 0.461 e. The van der Waals surface area contributed by atoms with Crippen molar-refractivity contribution < 1.29 is 9.21 Å². The quantitative estimate of drug-likeness (QED) is 0.549. The number of halogens is 1. The van der Waals surface area contributed by atoms with Crippen LogP contribution < -0.4 is 5.73 Å². The Hall–Kier alpha value is -2.20. The molecule has 0 atom stereocenters. The molecular formula is C13H9ClN2O2. The lowest BCUT2D eigenvalue weighted by Gasteiger charge is -2.01. The van der Waals surface area contributed by atoms with E-state index in [9.17, 15) is 4.79 Å². The van der Waals surface area contributed by atoms with Crippen LogP contribution in [0, 0.1) is 0 Å². The molecule has 4 nitrogen and oxygen atoms in total. The van der Waals surface area contributed by atoms with Crippen molar-refractivity contribution in [3.8, 4) is 0 Å². The number of furan rings is 1. The highest BCUT2D eigenvalue weighted by atomic mass is 35.5. The minimum atomic E-state index is -0.208. The van der Waals surface area contributed by atoms with Crippen LogP contribution in [0.2, 0.25) is 5.02 Å². The Morgan fingerprint density at radius 2 is 2.22 bits per heavy atom. The molecule has 2 heterocycles. The number of nitrogens with one attached hydrogen (secondary N) is 1. The van der Waals surface area contributed by atoms with Gasteiger partial charge in [-0.3, -0.25) is 4.79 Å². The fourth-order valence-corrected chi connectivity index (χ4v) is 2.21. The van der Waals surface area contributed by atoms with E-state index in [4.69, 9.17) is 21.8 Å². The number of nitrogens with two attached hydrogens (primary N) is 1. The van der Waals surface area contributed by atoms with Gasteiger partial charge in [0.25, 0.3) is 0 Å². The number of aromatic nitrogens is 1. The number of anilines is 1. The van der Waals surface area contributed by atoms with Crippen LogP contribution in [0.25, 0.3) is 10.9 Å². The minimum absolute atomic E-state index is 0.208. The van der Waals surface area contributed by atoms with Crippen molar-refractivity contribution in [2.75, 3.05) is 5.73 Å². The van der Waals surface area contributed by atoms with E-state index in [-0.39, 0.29) is 11.5 Å². The molecule has 3 N–H and O–H groups in total. The number of H-pyrrole nitrogens is 1. The number of rotatable bonds is 2. The van der Waals surface area contributed by atoms with Crippen LogP contribution >= 0.6 is 11.6 Å². The summed E-state index contributed by atoms with van der Waals surface area (Å²) in [5.41, 5.74) is 7.58. The molecule has 0 fully saturated rings. The van der Waals surface area contributed by atoms with Gasteiger partial charge in [-0.1, -0.05) is 11.6 Å². The van der Waals surface area contributed by atoms with Crippen LogP contribution in [0.1, 0.15) is 16.1 Å². The van der Waals surface area contributed by atoms with Crippen molar-refractivity contribution in [3.63, 3.8) is 0 Å². The molecule has 1 aromatic carbocycles. The van der Waals surface area contributed by atoms with Gasteiger partial charge >= 0.3 is 0 Å². The van der Waals surface area contributed by atoms with Gasteiger partial charge in [0.05, 0.1) is 11.8 Å². The van der Waals surface area contributed by atoms with Crippen LogP contribution in [0.4, 0.5) is 5.69 Å². The Bertz CT molecular complexity index is 729. The predicted molar refractivity (Wildman–Crippen MR) is 69.9 cm³/mol. The van der Waals surface area contributed by atoms with E-state index in [1.54, 1.807) is 30.5 Å². The molecule has 3 rings (SSSR count). The zero-order valence-corrected chi connectivity index (χ0v) is 9.99. The van der Waals surface area contributed by atoms with Crippen molar-refractivity contribution in [1.29, 1.82) is 0 Å². The lowest BCUT2D eigenvalue weighted by Crippen LogP contribution is -1.99. The first-order valence-electron chi connectivity index (χ1n) is 5.31. The maximum absolute atomic E-state index is 12.2. The molecule has 18 heavy (non-hydrogen) atoms. The molecule has 0 spiro atoms. The summed E-state index contributed by atoms with van der Waals surface area (Å²) in [7, 11) is 0. The fraction of sp³-hybridized carbons (Fsp3) is 0. The van der Waals surface area contributed by atoms with E-state index in [1.807, 2.05) is 0 Å². The summed E-state index contributed by atoms with van der Waals surface area (Å²) in [5.74, 6) is 0.0746. The maximum atomic E-state index is 12.2. The molecule has 0 aliphatic rings. The molecule has 0 bridgehead atoms. The van der Waals surface area contributed by atoms with Crippen LogP contribution in [0.3, 0.4) is 0 Å². The summed E-state index contributed by atoms with van der Waals surface area (Å²) in [5, 5.41) is 1.19. The number of aromatic amines is 1. The Balaban J connectivity index is 2.22. The van der Waals surface area contributed by atoms with Crippen molar-refractivity contribution in [1.82, 2.24) is 4.98 Å². The third-order valence-corrected chi connectivity index (χ3v) is 2.98. The van der Waals surface area contributed by atoms with Crippen molar-refractivity contribution in [2.45, 2.75) is 0 Å². The molecule has 0 radical (unpaired) electrons. The van der Waals surface area contributed by atoms with Crippen molar-refractivity contribution >= 4 is 34.0 Å². The Morgan fingerprint density at radius 3 is 2.94 bits per heavy atom. The van der Waals surface area contributed by atoms with Gasteiger partial charge in [-0.05, 0) is 24.3 Å². The Labute approximate surface area is 107 Å². The van der Waals surface area contributed by atoms with Gasteiger partial charge in [0.2, 0.25) is 5.78 Å². The summed E-state index contributed by atoms with van der Waals surface area (Å²) in [6.07, 6.45) is 3.07. The lowest BCUT2D eigenvalue weighted by atomic mass is 10.1. The number of carbonyl (C=O) groups is 1. The Kier molecular flexibility index (Phi) is 2.38. The van der Waals surface area contributed by atoms with E-state index in [0.29, 0.717) is 21.7 Å². The molecule has 0 saturated carbocycles.